The van der Waals surface area contributed by atoms with Gasteiger partial charge in [0.15, 0.2) is 0 Å². The highest BCUT2D eigenvalue weighted by molar-refractivity contribution is 8.00. The molecule has 122 valence electrons. The summed E-state index contributed by atoms with van der Waals surface area (Å²) in [6.45, 7) is 0.515. The van der Waals surface area contributed by atoms with Crippen molar-refractivity contribution >= 4 is 34.9 Å². The molecule has 0 saturated carbocycles. The van der Waals surface area contributed by atoms with Gasteiger partial charge in [-0.2, -0.15) is 0 Å². The van der Waals surface area contributed by atoms with Gasteiger partial charge in [0.05, 0.1) is 5.02 Å². The molecular weight excluding hydrogens is 340 g/mol. The molecule has 0 bridgehead atoms. The highest BCUT2D eigenvalue weighted by atomic mass is 35.5. The fraction of sp³-hybridized carbons (Fsp3) is 0.0526. The van der Waals surface area contributed by atoms with Crippen LogP contribution in [0.25, 0.3) is 0 Å². The average Bonchev–Trinajstić information content (AvgIpc) is 2.63. The van der Waals surface area contributed by atoms with E-state index in [1.807, 2.05) is 66.7 Å². The van der Waals surface area contributed by atoms with Crippen LogP contribution in [-0.2, 0) is 6.54 Å². The zero-order valence-corrected chi connectivity index (χ0v) is 14.4. The summed E-state index contributed by atoms with van der Waals surface area (Å²) in [5.41, 5.74) is 2.83. The van der Waals surface area contributed by atoms with Crippen molar-refractivity contribution in [2.45, 2.75) is 11.4 Å². The lowest BCUT2D eigenvalue weighted by molar-refractivity contribution is 0.469. The Labute approximate surface area is 150 Å². The minimum atomic E-state index is 0.130. The first-order valence-corrected chi connectivity index (χ1v) is 8.70. The molecule has 24 heavy (non-hydrogen) atoms. The zero-order chi connectivity index (χ0) is 16.8. The van der Waals surface area contributed by atoms with E-state index in [0.29, 0.717) is 11.6 Å². The molecule has 0 heterocycles. The summed E-state index contributed by atoms with van der Waals surface area (Å²) >= 11 is 7.48. The highest BCUT2D eigenvalue weighted by Gasteiger charge is 2.04. The van der Waals surface area contributed by atoms with Gasteiger partial charge in [-0.05, 0) is 54.4 Å². The number of anilines is 2. The Morgan fingerprint density at radius 3 is 2.33 bits per heavy atom. The SMILES string of the molecule is Oc1c(Cl)cccc1CNc1ccc(SNc2ccccc2)cc1. The third-order valence-electron chi connectivity index (χ3n) is 3.47. The Hall–Kier alpha value is -2.30. The van der Waals surface area contributed by atoms with Crippen LogP contribution in [0, 0.1) is 0 Å². The molecule has 5 heteroatoms. The predicted octanol–water partition coefficient (Wildman–Crippen LogP) is 5.78. The second-order valence-corrected chi connectivity index (χ2v) is 6.48. The van der Waals surface area contributed by atoms with Gasteiger partial charge < -0.3 is 15.1 Å². The summed E-state index contributed by atoms with van der Waals surface area (Å²) < 4.78 is 3.30. The number of aromatic hydroxyl groups is 1. The highest BCUT2D eigenvalue weighted by Crippen LogP contribution is 2.28. The van der Waals surface area contributed by atoms with Crippen LogP contribution in [0.5, 0.6) is 5.75 Å². The number of hydrogen-bond donors (Lipinski definition) is 3. The number of benzene rings is 3. The summed E-state index contributed by atoms with van der Waals surface area (Å²) in [6, 6.07) is 23.5. The fourth-order valence-electron chi connectivity index (χ4n) is 2.16. The summed E-state index contributed by atoms with van der Waals surface area (Å²) in [5, 5.41) is 13.6. The number of hydrogen-bond acceptors (Lipinski definition) is 4. The predicted molar refractivity (Wildman–Crippen MR) is 103 cm³/mol. The molecule has 0 aliphatic carbocycles. The van der Waals surface area contributed by atoms with Crippen LogP contribution >= 0.6 is 23.5 Å². The molecule has 0 spiro atoms. The Morgan fingerprint density at radius 2 is 1.58 bits per heavy atom. The number of para-hydroxylation sites is 2. The number of halogens is 1. The number of nitrogens with one attached hydrogen (secondary N) is 2. The van der Waals surface area contributed by atoms with Gasteiger partial charge in [-0.15, -0.1) is 0 Å². The monoisotopic (exact) mass is 356 g/mol. The van der Waals surface area contributed by atoms with Gasteiger partial charge in [-0.3, -0.25) is 0 Å². The van der Waals surface area contributed by atoms with Crippen molar-refractivity contribution in [1.29, 1.82) is 0 Å². The fourth-order valence-corrected chi connectivity index (χ4v) is 3.00. The minimum Gasteiger partial charge on any atom is -0.506 e. The van der Waals surface area contributed by atoms with Crippen LogP contribution in [-0.4, -0.2) is 5.11 Å². The maximum Gasteiger partial charge on any atom is 0.139 e. The van der Waals surface area contributed by atoms with Crippen molar-refractivity contribution in [3.8, 4) is 5.75 Å². The topological polar surface area (TPSA) is 44.3 Å². The average molecular weight is 357 g/mol. The molecule has 0 unspecified atom stereocenters. The zero-order valence-electron chi connectivity index (χ0n) is 12.9. The van der Waals surface area contributed by atoms with Crippen molar-refractivity contribution in [2.75, 3.05) is 10.0 Å². The van der Waals surface area contributed by atoms with Gasteiger partial charge >= 0.3 is 0 Å². The lowest BCUT2D eigenvalue weighted by Crippen LogP contribution is -1.99. The van der Waals surface area contributed by atoms with Gasteiger partial charge in [0.2, 0.25) is 0 Å². The first-order chi connectivity index (χ1) is 11.7. The first-order valence-electron chi connectivity index (χ1n) is 7.50. The molecule has 0 fully saturated rings. The van der Waals surface area contributed by atoms with E-state index in [1.54, 1.807) is 18.0 Å². The Bertz CT molecular complexity index is 794. The molecule has 0 radical (unpaired) electrons. The van der Waals surface area contributed by atoms with E-state index < -0.39 is 0 Å². The van der Waals surface area contributed by atoms with Gasteiger partial charge in [0, 0.05) is 28.4 Å². The Balaban J connectivity index is 1.55. The van der Waals surface area contributed by atoms with Gasteiger partial charge in [0.25, 0.3) is 0 Å². The van der Waals surface area contributed by atoms with Crippen molar-refractivity contribution < 1.29 is 5.11 Å². The van der Waals surface area contributed by atoms with Gasteiger partial charge in [-0.25, -0.2) is 0 Å². The lowest BCUT2D eigenvalue weighted by Gasteiger charge is -2.10. The quantitative estimate of drug-likeness (QED) is 0.490. The van der Waals surface area contributed by atoms with E-state index in [2.05, 4.69) is 10.0 Å². The molecule has 3 aromatic rings. The summed E-state index contributed by atoms with van der Waals surface area (Å²) in [6.07, 6.45) is 0. The molecular formula is C19H17ClN2OS. The molecule has 3 rings (SSSR count). The van der Waals surface area contributed by atoms with Crippen LogP contribution in [0.1, 0.15) is 5.56 Å². The number of rotatable bonds is 6. The summed E-state index contributed by atoms with van der Waals surface area (Å²) in [7, 11) is 0. The molecule has 3 nitrogen and oxygen atoms in total. The van der Waals surface area contributed by atoms with Gasteiger partial charge in [-0.1, -0.05) is 41.9 Å². The maximum absolute atomic E-state index is 9.91. The van der Waals surface area contributed by atoms with Crippen molar-refractivity contribution in [3.63, 3.8) is 0 Å². The summed E-state index contributed by atoms with van der Waals surface area (Å²) in [4.78, 5) is 1.12. The molecule has 0 saturated heterocycles. The normalized spacial score (nSPS) is 10.4. The van der Waals surface area contributed by atoms with Crippen LogP contribution in [0.2, 0.25) is 5.02 Å². The lowest BCUT2D eigenvalue weighted by atomic mass is 10.2. The van der Waals surface area contributed by atoms with Crippen molar-refractivity contribution in [2.24, 2.45) is 0 Å². The third kappa shape index (κ3) is 4.37. The van der Waals surface area contributed by atoms with Crippen LogP contribution < -0.4 is 10.0 Å². The van der Waals surface area contributed by atoms with Crippen LogP contribution in [0.15, 0.2) is 77.7 Å². The molecule has 3 aromatic carbocycles. The van der Waals surface area contributed by atoms with Crippen LogP contribution in [0.4, 0.5) is 11.4 Å². The molecule has 0 atom stereocenters. The smallest absolute Gasteiger partial charge is 0.139 e. The van der Waals surface area contributed by atoms with Crippen LogP contribution in [0.3, 0.4) is 0 Å². The number of phenolic OH excluding ortho intramolecular Hbond substituents is 1. The van der Waals surface area contributed by atoms with Crippen molar-refractivity contribution in [1.82, 2.24) is 0 Å². The third-order valence-corrected chi connectivity index (χ3v) is 4.62. The molecule has 0 aliphatic heterocycles. The van der Waals surface area contributed by atoms with E-state index in [0.717, 1.165) is 21.8 Å². The largest absolute Gasteiger partial charge is 0.506 e. The van der Waals surface area contributed by atoms with E-state index in [9.17, 15) is 5.11 Å². The number of phenols is 1. The summed E-state index contributed by atoms with van der Waals surface area (Å²) in [5.74, 6) is 0.130. The Kier molecular flexibility index (Phi) is 5.51. The van der Waals surface area contributed by atoms with E-state index in [1.165, 1.54) is 0 Å². The minimum absolute atomic E-state index is 0.130. The standard InChI is InChI=1S/C19H17ClN2OS/c20-18-8-4-5-14(19(18)23)13-21-15-9-11-17(12-10-15)24-22-16-6-2-1-3-7-16/h1-12,21-23H,13H2. The second kappa shape index (κ2) is 7.99. The second-order valence-electron chi connectivity index (χ2n) is 5.20. The first kappa shape index (κ1) is 16.6. The van der Waals surface area contributed by atoms with E-state index >= 15 is 0 Å². The molecule has 0 amide bonds. The van der Waals surface area contributed by atoms with E-state index in [4.69, 9.17) is 11.6 Å². The molecule has 0 aromatic heterocycles. The van der Waals surface area contributed by atoms with E-state index in [-0.39, 0.29) is 5.75 Å². The van der Waals surface area contributed by atoms with Gasteiger partial charge in [0.1, 0.15) is 5.75 Å². The van der Waals surface area contributed by atoms with Crippen molar-refractivity contribution in [3.05, 3.63) is 83.4 Å². The maximum atomic E-state index is 9.91. The molecule has 0 aliphatic rings. The molecule has 3 N–H and O–H groups in total. The Morgan fingerprint density at radius 1 is 0.833 bits per heavy atom.